The van der Waals surface area contributed by atoms with E-state index in [1.54, 1.807) is 0 Å². The van der Waals surface area contributed by atoms with Crippen molar-refractivity contribution < 1.29 is 32.0 Å². The van der Waals surface area contributed by atoms with Gasteiger partial charge in [-0.05, 0) is 35.7 Å². The van der Waals surface area contributed by atoms with Gasteiger partial charge in [0.15, 0.2) is 0 Å². The van der Waals surface area contributed by atoms with E-state index in [0.717, 1.165) is 11.6 Å². The van der Waals surface area contributed by atoms with E-state index in [0.29, 0.717) is 0 Å². The van der Waals surface area contributed by atoms with Crippen LogP contribution >= 0.6 is 0 Å². The van der Waals surface area contributed by atoms with Crippen molar-refractivity contribution in [3.05, 3.63) is 65.2 Å². The number of carbonyl (C=O) groups is 1. The highest BCUT2D eigenvalue weighted by molar-refractivity contribution is 7.98. The molecule has 0 amide bonds. The lowest BCUT2D eigenvalue weighted by molar-refractivity contribution is -0.187. The van der Waals surface area contributed by atoms with Crippen LogP contribution in [-0.4, -0.2) is 33.4 Å². The maximum Gasteiger partial charge on any atom is 0.430 e. The van der Waals surface area contributed by atoms with E-state index in [-0.39, 0.29) is 22.8 Å². The van der Waals surface area contributed by atoms with Gasteiger partial charge in [-0.3, -0.25) is 0 Å². The number of carboxylic acid groups (broad SMARTS) is 1. The summed E-state index contributed by atoms with van der Waals surface area (Å²) >= 11 is 0. The van der Waals surface area contributed by atoms with E-state index in [1.807, 2.05) is 30.3 Å². The van der Waals surface area contributed by atoms with Crippen molar-refractivity contribution in [3.63, 3.8) is 0 Å². The zero-order chi connectivity index (χ0) is 20.5. The van der Waals surface area contributed by atoms with Gasteiger partial charge in [0, 0.05) is 17.0 Å². The Labute approximate surface area is 159 Å². The molecular formula is C19H16F3NO4S. The number of fused-ring (bicyclic) bond motifs is 1. The van der Waals surface area contributed by atoms with Gasteiger partial charge >= 0.3 is 12.1 Å². The van der Waals surface area contributed by atoms with Crippen molar-refractivity contribution in [2.45, 2.75) is 23.7 Å². The summed E-state index contributed by atoms with van der Waals surface area (Å²) in [6, 6.07) is 13.1. The van der Waals surface area contributed by atoms with Crippen molar-refractivity contribution in [1.82, 2.24) is 4.72 Å². The minimum atomic E-state index is -4.88. The van der Waals surface area contributed by atoms with Crippen molar-refractivity contribution in [2.75, 3.05) is 0 Å². The Morgan fingerprint density at radius 1 is 1.21 bits per heavy atom. The molecule has 148 valence electrons. The number of rotatable bonds is 5. The second-order valence-electron chi connectivity index (χ2n) is 6.13. The number of benzene rings is 2. The highest BCUT2D eigenvalue weighted by atomic mass is 32.2. The maximum atomic E-state index is 13.1. The Hall–Kier alpha value is -2.78. The smallest absolute Gasteiger partial charge is 0.430 e. The zero-order valence-electron chi connectivity index (χ0n) is 14.4. The number of nitrogens with one attached hydrogen (secondary N) is 1. The van der Waals surface area contributed by atoms with Crippen molar-refractivity contribution in [3.8, 4) is 5.75 Å². The Morgan fingerprint density at radius 3 is 2.50 bits per heavy atom. The summed E-state index contributed by atoms with van der Waals surface area (Å²) in [7, 11) is -2.98. The molecule has 2 atom stereocenters. The van der Waals surface area contributed by atoms with Gasteiger partial charge in [-0.25, -0.2) is 13.7 Å². The molecule has 0 saturated heterocycles. The Bertz CT molecular complexity index is 1030. The largest absolute Gasteiger partial charge is 0.478 e. The Morgan fingerprint density at radius 2 is 1.89 bits per heavy atom. The average molecular weight is 411 g/mol. The van der Waals surface area contributed by atoms with Gasteiger partial charge in [-0.15, -0.1) is 0 Å². The molecule has 0 saturated carbocycles. The predicted octanol–water partition coefficient (Wildman–Crippen LogP) is 3.26. The fourth-order valence-corrected chi connectivity index (χ4v) is 3.85. The number of hydrogen-bond donors (Lipinski definition) is 2. The molecule has 1 heterocycles. The summed E-state index contributed by atoms with van der Waals surface area (Å²) < 4.78 is 59.8. The van der Waals surface area contributed by atoms with E-state index in [2.05, 4.69) is 10.6 Å². The van der Waals surface area contributed by atoms with Crippen molar-refractivity contribution in [2.24, 2.45) is 0 Å². The number of ether oxygens (including phenoxy) is 1. The molecule has 28 heavy (non-hydrogen) atoms. The van der Waals surface area contributed by atoms with Crippen LogP contribution < -0.4 is 9.46 Å². The van der Waals surface area contributed by atoms with E-state index in [1.165, 1.54) is 18.2 Å². The second kappa shape index (κ2) is 7.33. The number of hydrogen-bond acceptors (Lipinski definition) is 3. The fraction of sp³-hybridized carbons (Fsp3) is 0.158. The summed E-state index contributed by atoms with van der Waals surface area (Å²) in [6.45, 7) is 0.267. The Balaban J connectivity index is 1.91. The third-order valence-electron chi connectivity index (χ3n) is 4.10. The van der Waals surface area contributed by atoms with Gasteiger partial charge in [-0.2, -0.15) is 13.2 Å². The lowest BCUT2D eigenvalue weighted by atomic mass is 10.0. The molecule has 5 nitrogen and oxygen atoms in total. The van der Waals surface area contributed by atoms with Crippen LogP contribution in [0.4, 0.5) is 13.2 Å². The Kier molecular flexibility index (Phi) is 5.22. The van der Waals surface area contributed by atoms with Gasteiger partial charge in [0.2, 0.25) is 6.10 Å². The summed E-state index contributed by atoms with van der Waals surface area (Å²) in [5.41, 5.74) is 0.0273. The predicted molar refractivity (Wildman–Crippen MR) is 99.3 cm³/mol. The highest BCUT2D eigenvalue weighted by Crippen LogP contribution is 2.38. The summed E-state index contributed by atoms with van der Waals surface area (Å²) in [6.07, 6.45) is -6.56. The maximum absolute atomic E-state index is 13.1. The van der Waals surface area contributed by atoms with Crippen LogP contribution in [0.5, 0.6) is 5.75 Å². The number of halogens is 3. The molecule has 3 rings (SSSR count). The van der Waals surface area contributed by atoms with Gasteiger partial charge in [0.1, 0.15) is 5.75 Å². The third-order valence-corrected chi connectivity index (χ3v) is 5.72. The first-order valence-corrected chi connectivity index (χ1v) is 9.79. The van der Waals surface area contributed by atoms with Gasteiger partial charge in [0.05, 0.1) is 15.3 Å². The molecule has 9 heteroatoms. The van der Waals surface area contributed by atoms with Crippen LogP contribution in [0.2, 0.25) is 0 Å². The molecule has 0 bridgehead atoms. The second-order valence-corrected chi connectivity index (χ2v) is 8.24. The zero-order valence-corrected chi connectivity index (χ0v) is 15.2. The van der Waals surface area contributed by atoms with E-state index < -0.39 is 33.5 Å². The first-order chi connectivity index (χ1) is 13.1. The van der Waals surface area contributed by atoms with Crippen LogP contribution in [-0.2, 0) is 21.0 Å². The number of carboxylic acids is 1. The normalized spacial score (nSPS) is 18.4. The van der Waals surface area contributed by atoms with Crippen LogP contribution in [0.1, 0.15) is 11.1 Å². The molecule has 1 aliphatic heterocycles. The van der Waals surface area contributed by atoms with Crippen molar-refractivity contribution in [1.29, 1.82) is 0 Å². The first kappa shape index (κ1) is 20.0. The molecule has 2 aromatic carbocycles. The summed E-state index contributed by atoms with van der Waals surface area (Å²) in [5, 5.41) is 9.11. The molecule has 1 aliphatic rings. The van der Waals surface area contributed by atoms with Crippen LogP contribution in [0, 0.1) is 0 Å². The minimum Gasteiger partial charge on any atom is -0.478 e. The SMILES string of the molecule is C=S(=O)(NCc1ccccc1)c1ccc2c(c1)C=C(C(=O)O)C(C(F)(F)F)O2. The lowest BCUT2D eigenvalue weighted by Gasteiger charge is -2.27. The molecule has 0 aliphatic carbocycles. The molecular weight excluding hydrogens is 395 g/mol. The standard InChI is InChI=1S/C19H16F3NO4S/c1-28(26,23-11-12-5-3-2-4-6-12)14-7-8-16-13(9-14)10-15(18(24)25)17(27-16)19(20,21)22/h2-10,17H,1,11H2,(H,23,26)(H,24,25). The summed E-state index contributed by atoms with van der Waals surface area (Å²) in [4.78, 5) is 11.5. The monoisotopic (exact) mass is 411 g/mol. The quantitative estimate of drug-likeness (QED) is 0.741. The topological polar surface area (TPSA) is 75.6 Å². The molecule has 0 spiro atoms. The molecule has 0 aromatic heterocycles. The molecule has 2 aromatic rings. The minimum absolute atomic E-state index is 0.0910. The fourth-order valence-electron chi connectivity index (χ4n) is 2.68. The average Bonchev–Trinajstić information content (AvgIpc) is 2.65. The molecule has 2 N–H and O–H groups in total. The summed E-state index contributed by atoms with van der Waals surface area (Å²) in [5.74, 6) is 1.79. The van der Waals surface area contributed by atoms with Crippen LogP contribution in [0.15, 0.2) is 59.0 Å². The third kappa shape index (κ3) is 4.20. The van der Waals surface area contributed by atoms with E-state index >= 15 is 0 Å². The first-order valence-electron chi connectivity index (χ1n) is 8.06. The number of aliphatic carboxylic acids is 1. The molecule has 2 unspecified atom stereocenters. The van der Waals surface area contributed by atoms with Gasteiger partial charge < -0.3 is 9.84 Å². The van der Waals surface area contributed by atoms with E-state index in [4.69, 9.17) is 9.84 Å². The van der Waals surface area contributed by atoms with Gasteiger partial charge in [0.25, 0.3) is 0 Å². The molecule has 0 fully saturated rings. The number of alkyl halides is 3. The highest BCUT2D eigenvalue weighted by Gasteiger charge is 2.48. The van der Waals surface area contributed by atoms with Crippen molar-refractivity contribution >= 4 is 27.6 Å². The van der Waals surface area contributed by atoms with E-state index in [9.17, 15) is 22.2 Å². The molecule has 0 radical (unpaired) electrons. The van der Waals surface area contributed by atoms with Gasteiger partial charge in [-0.1, -0.05) is 30.3 Å². The lowest BCUT2D eigenvalue weighted by Crippen LogP contribution is -2.40. The van der Waals surface area contributed by atoms with Crippen LogP contribution in [0.3, 0.4) is 0 Å². The van der Waals surface area contributed by atoms with Crippen LogP contribution in [0.25, 0.3) is 6.08 Å².